The lowest BCUT2D eigenvalue weighted by molar-refractivity contribution is -0.128. The van der Waals surface area contributed by atoms with E-state index in [0.717, 1.165) is 29.7 Å². The number of amides is 2. The standard InChI is InChI=1S/C33H40N4O7/c1-33(2,3)44-32(39)35-18-21-8-10-23(11-9-21)36-27-13-12-26(37-31(27)40-4)25-6-5-7-28-29(25)43-24(20-42-28)19-34-30(38)22-14-16-41-17-15-22/h5-13,22,24,36H,14-20H2,1-4H3,(H,34,38)(H,35,39). The van der Waals surface area contributed by atoms with Crippen LogP contribution < -0.4 is 30.2 Å². The molecular formula is C33H40N4O7. The Labute approximate surface area is 257 Å². The van der Waals surface area contributed by atoms with Crippen LogP contribution in [0.4, 0.5) is 16.2 Å². The van der Waals surface area contributed by atoms with Crippen LogP contribution in [0, 0.1) is 5.92 Å². The van der Waals surface area contributed by atoms with Gasteiger partial charge in [-0.15, -0.1) is 0 Å². The number of carbonyl (C=O) groups is 2. The maximum atomic E-state index is 12.6. The van der Waals surface area contributed by atoms with Gasteiger partial charge in [0.2, 0.25) is 11.8 Å². The number of benzene rings is 2. The van der Waals surface area contributed by atoms with Crippen molar-refractivity contribution in [3.8, 4) is 28.6 Å². The van der Waals surface area contributed by atoms with E-state index >= 15 is 0 Å². The number of hydrogen-bond acceptors (Lipinski definition) is 9. The summed E-state index contributed by atoms with van der Waals surface area (Å²) in [6.07, 6.45) is 0.674. The monoisotopic (exact) mass is 604 g/mol. The van der Waals surface area contributed by atoms with Crippen LogP contribution in [0.15, 0.2) is 54.6 Å². The van der Waals surface area contributed by atoms with Crippen molar-refractivity contribution in [3.05, 3.63) is 60.2 Å². The third-order valence-electron chi connectivity index (χ3n) is 7.18. The van der Waals surface area contributed by atoms with Gasteiger partial charge in [-0.3, -0.25) is 4.79 Å². The lowest BCUT2D eigenvalue weighted by atomic mass is 9.99. The minimum Gasteiger partial charge on any atom is -0.486 e. The molecule has 3 heterocycles. The third kappa shape index (κ3) is 8.10. The van der Waals surface area contributed by atoms with Gasteiger partial charge < -0.3 is 39.6 Å². The molecule has 1 aromatic heterocycles. The second kappa shape index (κ2) is 13.9. The van der Waals surface area contributed by atoms with E-state index in [-0.39, 0.29) is 17.9 Å². The van der Waals surface area contributed by atoms with Crippen LogP contribution in [0.3, 0.4) is 0 Å². The first-order chi connectivity index (χ1) is 21.2. The average Bonchev–Trinajstić information content (AvgIpc) is 3.02. The summed E-state index contributed by atoms with van der Waals surface area (Å²) in [6, 6.07) is 17.1. The van der Waals surface area contributed by atoms with E-state index in [4.69, 9.17) is 28.7 Å². The number of carbonyl (C=O) groups excluding carboxylic acids is 2. The van der Waals surface area contributed by atoms with E-state index in [0.29, 0.717) is 61.7 Å². The number of hydrogen-bond donors (Lipinski definition) is 3. The molecule has 5 rings (SSSR count). The number of rotatable bonds is 9. The normalized spacial score (nSPS) is 16.5. The van der Waals surface area contributed by atoms with Crippen LogP contribution in [0.1, 0.15) is 39.2 Å². The molecule has 11 nitrogen and oxygen atoms in total. The van der Waals surface area contributed by atoms with Crippen molar-refractivity contribution >= 4 is 23.4 Å². The van der Waals surface area contributed by atoms with Gasteiger partial charge in [0, 0.05) is 36.9 Å². The summed E-state index contributed by atoms with van der Waals surface area (Å²) in [6.45, 7) is 7.74. The first-order valence-electron chi connectivity index (χ1n) is 14.8. The number of pyridine rings is 1. The van der Waals surface area contributed by atoms with E-state index in [1.165, 1.54) is 0 Å². The van der Waals surface area contributed by atoms with Crippen molar-refractivity contribution in [2.24, 2.45) is 5.92 Å². The molecule has 234 valence electrons. The SMILES string of the molecule is COc1nc(-c2cccc3c2OC(CNC(=O)C2CCOCC2)CO3)ccc1Nc1ccc(CNC(=O)OC(C)(C)C)cc1. The highest BCUT2D eigenvalue weighted by atomic mass is 16.6. The van der Waals surface area contributed by atoms with Gasteiger partial charge in [0.05, 0.1) is 19.3 Å². The molecule has 11 heteroatoms. The smallest absolute Gasteiger partial charge is 0.407 e. The van der Waals surface area contributed by atoms with Crippen LogP contribution >= 0.6 is 0 Å². The predicted molar refractivity (Wildman–Crippen MR) is 165 cm³/mol. The number of anilines is 2. The van der Waals surface area contributed by atoms with Gasteiger partial charge in [0.25, 0.3) is 0 Å². The number of nitrogens with zero attached hydrogens (tertiary/aromatic N) is 1. The quantitative estimate of drug-likeness (QED) is 0.302. The Morgan fingerprint density at radius 3 is 2.50 bits per heavy atom. The topological polar surface area (TPSA) is 129 Å². The second-order valence-electron chi connectivity index (χ2n) is 11.7. The molecule has 0 bridgehead atoms. The molecule has 2 aliphatic heterocycles. The van der Waals surface area contributed by atoms with Crippen LogP contribution in [0.25, 0.3) is 11.3 Å². The summed E-state index contributed by atoms with van der Waals surface area (Å²) in [5.74, 6) is 1.61. The van der Waals surface area contributed by atoms with E-state index in [1.807, 2.05) is 75.4 Å². The predicted octanol–water partition coefficient (Wildman–Crippen LogP) is 5.21. The highest BCUT2D eigenvalue weighted by molar-refractivity contribution is 5.79. The van der Waals surface area contributed by atoms with Crippen molar-refractivity contribution in [1.29, 1.82) is 0 Å². The molecule has 0 spiro atoms. The molecule has 1 fully saturated rings. The largest absolute Gasteiger partial charge is 0.486 e. The average molecular weight is 605 g/mol. The maximum absolute atomic E-state index is 12.6. The number of alkyl carbamates (subject to hydrolysis) is 1. The molecule has 0 radical (unpaired) electrons. The van der Waals surface area contributed by atoms with Gasteiger partial charge in [0.1, 0.15) is 24.0 Å². The number of ether oxygens (including phenoxy) is 5. The molecule has 1 saturated heterocycles. The number of nitrogens with one attached hydrogen (secondary N) is 3. The Hall–Kier alpha value is -4.51. The minimum atomic E-state index is -0.548. The highest BCUT2D eigenvalue weighted by Gasteiger charge is 2.27. The van der Waals surface area contributed by atoms with Gasteiger partial charge in [0.15, 0.2) is 11.5 Å². The van der Waals surface area contributed by atoms with Crippen molar-refractivity contribution in [2.45, 2.75) is 51.9 Å². The van der Waals surface area contributed by atoms with E-state index < -0.39 is 11.7 Å². The Morgan fingerprint density at radius 1 is 1.00 bits per heavy atom. The number of para-hydroxylation sites is 1. The molecule has 1 unspecified atom stereocenters. The van der Waals surface area contributed by atoms with E-state index in [2.05, 4.69) is 16.0 Å². The van der Waals surface area contributed by atoms with Gasteiger partial charge >= 0.3 is 6.09 Å². The van der Waals surface area contributed by atoms with Crippen molar-refractivity contribution in [1.82, 2.24) is 15.6 Å². The molecule has 1 atom stereocenters. The summed E-state index contributed by atoms with van der Waals surface area (Å²) in [4.78, 5) is 29.3. The Bertz CT molecular complexity index is 1450. The first kappa shape index (κ1) is 30.9. The number of methoxy groups -OCH3 is 1. The zero-order valence-corrected chi connectivity index (χ0v) is 25.6. The summed E-state index contributed by atoms with van der Waals surface area (Å²) in [7, 11) is 1.57. The van der Waals surface area contributed by atoms with Gasteiger partial charge in [-0.2, -0.15) is 0 Å². The van der Waals surface area contributed by atoms with Crippen LogP contribution in [0.5, 0.6) is 17.4 Å². The van der Waals surface area contributed by atoms with Gasteiger partial charge in [-0.1, -0.05) is 18.2 Å². The van der Waals surface area contributed by atoms with Gasteiger partial charge in [-0.25, -0.2) is 9.78 Å². The fourth-order valence-electron chi connectivity index (χ4n) is 4.95. The van der Waals surface area contributed by atoms with Crippen LogP contribution in [-0.4, -0.2) is 62.2 Å². The molecule has 2 aliphatic rings. The van der Waals surface area contributed by atoms with Crippen molar-refractivity contribution in [2.75, 3.05) is 38.8 Å². The fourth-order valence-corrected chi connectivity index (χ4v) is 4.95. The van der Waals surface area contributed by atoms with Gasteiger partial charge in [-0.05, 0) is 75.6 Å². The zero-order chi connectivity index (χ0) is 31.1. The highest BCUT2D eigenvalue weighted by Crippen LogP contribution is 2.41. The van der Waals surface area contributed by atoms with Crippen LogP contribution in [-0.2, 0) is 20.8 Å². The Morgan fingerprint density at radius 2 is 1.77 bits per heavy atom. The zero-order valence-electron chi connectivity index (χ0n) is 25.6. The molecular weight excluding hydrogens is 564 g/mol. The molecule has 2 amide bonds. The summed E-state index contributed by atoms with van der Waals surface area (Å²) in [5.41, 5.74) is 3.31. The van der Waals surface area contributed by atoms with E-state index in [1.54, 1.807) is 7.11 Å². The molecule has 0 saturated carbocycles. The molecule has 44 heavy (non-hydrogen) atoms. The lowest BCUT2D eigenvalue weighted by Crippen LogP contribution is -2.43. The molecule has 3 aromatic rings. The lowest BCUT2D eigenvalue weighted by Gasteiger charge is -2.29. The number of aromatic nitrogens is 1. The number of fused-ring (bicyclic) bond motifs is 1. The summed E-state index contributed by atoms with van der Waals surface area (Å²) in [5, 5.41) is 9.12. The second-order valence-corrected chi connectivity index (χ2v) is 11.7. The van der Waals surface area contributed by atoms with Crippen molar-refractivity contribution in [3.63, 3.8) is 0 Å². The maximum Gasteiger partial charge on any atom is 0.407 e. The molecule has 3 N–H and O–H groups in total. The Balaban J connectivity index is 1.23. The minimum absolute atomic E-state index is 0.0255. The molecule has 2 aromatic carbocycles. The van der Waals surface area contributed by atoms with Crippen LogP contribution in [0.2, 0.25) is 0 Å². The van der Waals surface area contributed by atoms with Crippen molar-refractivity contribution < 1.29 is 33.3 Å². The third-order valence-corrected chi connectivity index (χ3v) is 7.18. The molecule has 0 aliphatic carbocycles. The first-order valence-corrected chi connectivity index (χ1v) is 14.8. The summed E-state index contributed by atoms with van der Waals surface area (Å²) >= 11 is 0. The summed E-state index contributed by atoms with van der Waals surface area (Å²) < 4.78 is 28.6. The van der Waals surface area contributed by atoms with E-state index in [9.17, 15) is 9.59 Å². The Kier molecular flexibility index (Phi) is 9.74. The fraction of sp³-hybridized carbons (Fsp3) is 0.424.